The van der Waals surface area contributed by atoms with Crippen LogP contribution in [-0.4, -0.2) is 19.2 Å². The molecule has 3 nitrogen and oxygen atoms in total. The molecule has 1 unspecified atom stereocenters. The van der Waals surface area contributed by atoms with Gasteiger partial charge in [-0.15, -0.1) is 0 Å². The van der Waals surface area contributed by atoms with Crippen LogP contribution < -0.4 is 5.32 Å². The van der Waals surface area contributed by atoms with Crippen molar-refractivity contribution in [2.24, 2.45) is 0 Å². The molecule has 0 aromatic carbocycles. The van der Waals surface area contributed by atoms with Crippen molar-refractivity contribution in [3.8, 4) is 0 Å². The molecule has 1 amide bonds. The highest BCUT2D eigenvalue weighted by molar-refractivity contribution is 5.66. The topological polar surface area (TPSA) is 38.3 Å². The van der Waals surface area contributed by atoms with Crippen molar-refractivity contribution >= 4 is 6.09 Å². The van der Waals surface area contributed by atoms with Gasteiger partial charge in [0, 0.05) is 7.05 Å². The zero-order valence-electron chi connectivity index (χ0n) is 7.93. The van der Waals surface area contributed by atoms with Gasteiger partial charge in [-0.1, -0.05) is 20.3 Å². The van der Waals surface area contributed by atoms with E-state index in [0.717, 1.165) is 25.7 Å². The number of rotatable bonds is 5. The lowest BCUT2D eigenvalue weighted by molar-refractivity contribution is 0.0909. The van der Waals surface area contributed by atoms with Crippen molar-refractivity contribution in [1.82, 2.24) is 5.32 Å². The summed E-state index contributed by atoms with van der Waals surface area (Å²) in [5.74, 6) is 0. The number of hydrogen-bond acceptors (Lipinski definition) is 2. The van der Waals surface area contributed by atoms with Gasteiger partial charge >= 0.3 is 6.09 Å². The molecule has 0 spiro atoms. The summed E-state index contributed by atoms with van der Waals surface area (Å²) >= 11 is 0. The van der Waals surface area contributed by atoms with Crippen LogP contribution in [0.25, 0.3) is 0 Å². The van der Waals surface area contributed by atoms with Gasteiger partial charge < -0.3 is 10.1 Å². The summed E-state index contributed by atoms with van der Waals surface area (Å²) in [7, 11) is 1.57. The zero-order valence-corrected chi connectivity index (χ0v) is 7.93. The maximum atomic E-state index is 10.8. The van der Waals surface area contributed by atoms with E-state index in [1.807, 2.05) is 6.92 Å². The number of hydrogen-bond donors (Lipinski definition) is 1. The van der Waals surface area contributed by atoms with Crippen molar-refractivity contribution in [2.45, 2.75) is 38.7 Å². The summed E-state index contributed by atoms with van der Waals surface area (Å²) in [4.78, 5) is 10.8. The molecule has 1 atom stereocenters. The molecule has 0 aliphatic heterocycles. The van der Waals surface area contributed by atoms with Crippen LogP contribution in [0.15, 0.2) is 0 Å². The Labute approximate surface area is 74.5 Å². The molecule has 0 heterocycles. The monoisotopic (exact) mass is 172 g/mol. The van der Waals surface area contributed by atoms with Crippen LogP contribution >= 0.6 is 0 Å². The van der Waals surface area contributed by atoms with E-state index < -0.39 is 0 Å². The molecule has 1 N–H and O–H groups in total. The minimum Gasteiger partial charge on any atom is -0.446 e. The van der Waals surface area contributed by atoms with Crippen LogP contribution in [-0.2, 0) is 4.74 Å². The van der Waals surface area contributed by atoms with Gasteiger partial charge in [0.25, 0.3) is 0 Å². The van der Waals surface area contributed by atoms with Crippen LogP contribution in [0.5, 0.6) is 0 Å². The Kier molecular flexibility index (Phi) is 6.53. The van der Waals surface area contributed by atoms with Crippen molar-refractivity contribution in [3.05, 3.63) is 6.92 Å². The lowest BCUT2D eigenvalue weighted by Crippen LogP contribution is -2.25. The predicted octanol–water partition coefficient (Wildman–Crippen LogP) is 2.13. The zero-order chi connectivity index (χ0) is 9.40. The molecule has 12 heavy (non-hydrogen) atoms. The van der Waals surface area contributed by atoms with Crippen molar-refractivity contribution in [1.29, 1.82) is 0 Å². The highest BCUT2D eigenvalue weighted by atomic mass is 16.6. The van der Waals surface area contributed by atoms with E-state index in [4.69, 9.17) is 4.74 Å². The summed E-state index contributed by atoms with van der Waals surface area (Å²) in [5, 5.41) is 2.43. The van der Waals surface area contributed by atoms with E-state index in [1.54, 1.807) is 7.05 Å². The standard InChI is InChI=1S/C9H18NO2/c1-4-6-7-8(5-2)12-9(11)10-3/h8H,1,4-7H2,2-3H3,(H,10,11). The molecule has 71 valence electrons. The van der Waals surface area contributed by atoms with Crippen LogP contribution in [0.3, 0.4) is 0 Å². The average Bonchev–Trinajstić information content (AvgIpc) is 2.11. The number of alkyl carbamates (subject to hydrolysis) is 1. The molecular weight excluding hydrogens is 154 g/mol. The summed E-state index contributed by atoms with van der Waals surface area (Å²) < 4.78 is 5.07. The lowest BCUT2D eigenvalue weighted by Gasteiger charge is -2.14. The fourth-order valence-electron chi connectivity index (χ4n) is 0.929. The van der Waals surface area contributed by atoms with E-state index in [-0.39, 0.29) is 12.2 Å². The summed E-state index contributed by atoms with van der Waals surface area (Å²) in [5.41, 5.74) is 0. The Morgan fingerprint density at radius 2 is 2.33 bits per heavy atom. The van der Waals surface area contributed by atoms with E-state index >= 15 is 0 Å². The van der Waals surface area contributed by atoms with Crippen molar-refractivity contribution < 1.29 is 9.53 Å². The minimum atomic E-state index is -0.342. The van der Waals surface area contributed by atoms with E-state index in [9.17, 15) is 4.79 Å². The second-order valence-electron chi connectivity index (χ2n) is 2.68. The second kappa shape index (κ2) is 6.95. The first-order valence-corrected chi connectivity index (χ1v) is 4.42. The van der Waals surface area contributed by atoms with Crippen LogP contribution in [0.2, 0.25) is 0 Å². The third kappa shape index (κ3) is 4.99. The van der Waals surface area contributed by atoms with E-state index in [1.165, 1.54) is 0 Å². The molecule has 0 aliphatic carbocycles. The molecule has 0 aromatic heterocycles. The fourth-order valence-corrected chi connectivity index (χ4v) is 0.929. The van der Waals surface area contributed by atoms with Crippen molar-refractivity contribution in [3.63, 3.8) is 0 Å². The van der Waals surface area contributed by atoms with Gasteiger partial charge in [0.05, 0.1) is 0 Å². The fraction of sp³-hybridized carbons (Fsp3) is 0.778. The second-order valence-corrected chi connectivity index (χ2v) is 2.68. The summed E-state index contributed by atoms with van der Waals surface area (Å²) in [6.45, 7) is 5.75. The summed E-state index contributed by atoms with van der Waals surface area (Å²) in [6, 6.07) is 0. The molecule has 0 aromatic rings. The minimum absolute atomic E-state index is 0.0479. The number of carbonyl (C=O) groups is 1. The van der Waals surface area contributed by atoms with Gasteiger partial charge in [0.1, 0.15) is 6.10 Å². The van der Waals surface area contributed by atoms with E-state index in [0.29, 0.717) is 0 Å². The molecule has 0 saturated heterocycles. The normalized spacial score (nSPS) is 12.2. The first-order chi connectivity index (χ1) is 5.74. The van der Waals surface area contributed by atoms with E-state index in [2.05, 4.69) is 12.2 Å². The Balaban J connectivity index is 3.59. The molecule has 0 bridgehead atoms. The van der Waals surface area contributed by atoms with Gasteiger partial charge in [0.2, 0.25) is 0 Å². The molecule has 0 fully saturated rings. The van der Waals surface area contributed by atoms with Crippen LogP contribution in [0.1, 0.15) is 32.6 Å². The van der Waals surface area contributed by atoms with Crippen LogP contribution in [0, 0.1) is 6.92 Å². The van der Waals surface area contributed by atoms with Gasteiger partial charge in [-0.2, -0.15) is 0 Å². The highest BCUT2D eigenvalue weighted by Gasteiger charge is 2.09. The Bertz CT molecular complexity index is 126. The summed E-state index contributed by atoms with van der Waals surface area (Å²) in [6.07, 6.45) is 3.39. The average molecular weight is 172 g/mol. The van der Waals surface area contributed by atoms with Gasteiger partial charge in [-0.25, -0.2) is 4.79 Å². The Morgan fingerprint density at radius 1 is 1.67 bits per heavy atom. The molecule has 0 rings (SSSR count). The first kappa shape index (κ1) is 11.3. The number of unbranched alkanes of at least 4 members (excludes halogenated alkanes) is 1. The Hall–Kier alpha value is -0.730. The molecule has 1 radical (unpaired) electrons. The molecule has 0 aliphatic rings. The SMILES string of the molecule is [CH2]CCCC(CC)OC(=O)NC. The molecule has 0 saturated carbocycles. The maximum Gasteiger partial charge on any atom is 0.407 e. The molecule has 3 heteroatoms. The molecular formula is C9H18NO2. The van der Waals surface area contributed by atoms with Crippen molar-refractivity contribution in [2.75, 3.05) is 7.05 Å². The number of carbonyl (C=O) groups excluding carboxylic acids is 1. The lowest BCUT2D eigenvalue weighted by atomic mass is 10.1. The number of amides is 1. The maximum absolute atomic E-state index is 10.8. The quantitative estimate of drug-likeness (QED) is 0.689. The van der Waals surface area contributed by atoms with Gasteiger partial charge in [-0.05, 0) is 19.3 Å². The predicted molar refractivity (Wildman–Crippen MR) is 48.8 cm³/mol. The number of nitrogens with one attached hydrogen (secondary N) is 1. The first-order valence-electron chi connectivity index (χ1n) is 4.42. The van der Waals surface area contributed by atoms with Gasteiger partial charge in [-0.3, -0.25) is 0 Å². The third-order valence-corrected chi connectivity index (χ3v) is 1.71. The smallest absolute Gasteiger partial charge is 0.407 e. The largest absolute Gasteiger partial charge is 0.446 e. The highest BCUT2D eigenvalue weighted by Crippen LogP contribution is 2.08. The van der Waals surface area contributed by atoms with Gasteiger partial charge in [0.15, 0.2) is 0 Å². The number of ether oxygens (including phenoxy) is 1. The van der Waals surface area contributed by atoms with Crippen LogP contribution in [0.4, 0.5) is 4.79 Å². The Morgan fingerprint density at radius 3 is 2.75 bits per heavy atom. The third-order valence-electron chi connectivity index (χ3n) is 1.71.